The van der Waals surface area contributed by atoms with E-state index in [1.807, 2.05) is 19.1 Å². The fraction of sp³-hybridized carbons (Fsp3) is 0.250. The number of carbonyl (C=O) groups is 1. The number of amides is 1. The van der Waals surface area contributed by atoms with Gasteiger partial charge >= 0.3 is 0 Å². The van der Waals surface area contributed by atoms with Gasteiger partial charge in [-0.2, -0.15) is 0 Å². The molecule has 4 heteroatoms. The van der Waals surface area contributed by atoms with Crippen molar-refractivity contribution in [3.63, 3.8) is 0 Å². The van der Waals surface area contributed by atoms with E-state index in [1.54, 1.807) is 12.3 Å². The van der Waals surface area contributed by atoms with Crippen molar-refractivity contribution in [2.75, 3.05) is 11.1 Å². The van der Waals surface area contributed by atoms with E-state index in [4.69, 9.17) is 0 Å². The van der Waals surface area contributed by atoms with E-state index in [2.05, 4.69) is 10.3 Å². The molecule has 1 aromatic rings. The second-order valence-electron chi connectivity index (χ2n) is 2.06. The summed E-state index contributed by atoms with van der Waals surface area (Å²) < 4.78 is 0. The Kier molecular flexibility index (Phi) is 3.60. The summed E-state index contributed by atoms with van der Waals surface area (Å²) in [4.78, 5) is 15.0. The third kappa shape index (κ3) is 2.92. The highest BCUT2D eigenvalue weighted by atomic mass is 32.2. The third-order valence-corrected chi connectivity index (χ3v) is 1.82. The van der Waals surface area contributed by atoms with Gasteiger partial charge in [-0.3, -0.25) is 4.79 Å². The largest absolute Gasteiger partial charge is 0.301 e. The molecule has 0 aromatic carbocycles. The van der Waals surface area contributed by atoms with Crippen molar-refractivity contribution in [2.24, 2.45) is 0 Å². The number of pyridine rings is 1. The van der Waals surface area contributed by atoms with Crippen LogP contribution in [0.1, 0.15) is 6.92 Å². The van der Waals surface area contributed by atoms with Crippen LogP contribution in [0.3, 0.4) is 0 Å². The first-order valence-electron chi connectivity index (χ1n) is 3.67. The molecule has 0 radical (unpaired) electrons. The topological polar surface area (TPSA) is 42.0 Å². The van der Waals surface area contributed by atoms with Crippen LogP contribution in [0.25, 0.3) is 0 Å². The molecule has 1 amide bonds. The molecule has 0 saturated carbocycles. The van der Waals surface area contributed by atoms with Crippen LogP contribution >= 0.6 is 11.8 Å². The number of anilines is 1. The SMILES string of the molecule is CCSC(=O)Nc1ccccn1. The van der Waals surface area contributed by atoms with Crippen molar-refractivity contribution in [1.29, 1.82) is 0 Å². The number of nitrogens with one attached hydrogen (secondary N) is 1. The summed E-state index contributed by atoms with van der Waals surface area (Å²) in [5.74, 6) is 1.38. The molecule has 0 aliphatic rings. The molecule has 0 fully saturated rings. The second kappa shape index (κ2) is 4.77. The van der Waals surface area contributed by atoms with E-state index in [0.717, 1.165) is 5.75 Å². The number of aromatic nitrogens is 1. The minimum absolute atomic E-state index is 0.0591. The standard InChI is InChI=1S/C8H10N2OS/c1-2-12-8(11)10-7-5-3-4-6-9-7/h3-6H,2H2,1H3,(H,9,10,11). The summed E-state index contributed by atoms with van der Waals surface area (Å²) >= 11 is 1.24. The van der Waals surface area contributed by atoms with Crippen LogP contribution in [0.4, 0.5) is 10.6 Å². The summed E-state index contributed by atoms with van der Waals surface area (Å²) in [6.45, 7) is 1.93. The highest BCUT2D eigenvalue weighted by molar-refractivity contribution is 8.13. The zero-order valence-electron chi connectivity index (χ0n) is 6.78. The highest BCUT2D eigenvalue weighted by Gasteiger charge is 1.99. The van der Waals surface area contributed by atoms with E-state index in [-0.39, 0.29) is 5.24 Å². The average Bonchev–Trinajstić information content (AvgIpc) is 2.06. The van der Waals surface area contributed by atoms with Crippen LogP contribution in [0.5, 0.6) is 0 Å². The van der Waals surface area contributed by atoms with Crippen LogP contribution in [-0.4, -0.2) is 16.0 Å². The van der Waals surface area contributed by atoms with Gasteiger partial charge < -0.3 is 5.32 Å². The van der Waals surface area contributed by atoms with Gasteiger partial charge in [-0.25, -0.2) is 4.98 Å². The maximum atomic E-state index is 11.0. The zero-order chi connectivity index (χ0) is 8.81. The van der Waals surface area contributed by atoms with Gasteiger partial charge in [-0.15, -0.1) is 0 Å². The lowest BCUT2D eigenvalue weighted by Crippen LogP contribution is -2.05. The summed E-state index contributed by atoms with van der Waals surface area (Å²) in [6.07, 6.45) is 1.65. The van der Waals surface area contributed by atoms with E-state index in [9.17, 15) is 4.79 Å². The Morgan fingerprint density at radius 2 is 2.50 bits per heavy atom. The molecule has 64 valence electrons. The minimum Gasteiger partial charge on any atom is -0.301 e. The van der Waals surface area contributed by atoms with E-state index < -0.39 is 0 Å². The smallest absolute Gasteiger partial charge is 0.284 e. The molecule has 1 N–H and O–H groups in total. The Morgan fingerprint density at radius 3 is 3.08 bits per heavy atom. The van der Waals surface area contributed by atoms with E-state index >= 15 is 0 Å². The Balaban J connectivity index is 2.47. The first-order chi connectivity index (χ1) is 5.83. The Morgan fingerprint density at radius 1 is 1.67 bits per heavy atom. The molecule has 0 aliphatic carbocycles. The quantitative estimate of drug-likeness (QED) is 0.763. The molecule has 1 rings (SSSR count). The molecule has 12 heavy (non-hydrogen) atoms. The molecule has 1 aromatic heterocycles. The van der Waals surface area contributed by atoms with E-state index in [0.29, 0.717) is 5.82 Å². The highest BCUT2D eigenvalue weighted by Crippen LogP contribution is 2.06. The lowest BCUT2D eigenvalue weighted by atomic mass is 10.5. The molecule has 0 spiro atoms. The second-order valence-corrected chi connectivity index (χ2v) is 3.30. The van der Waals surface area contributed by atoms with Crippen molar-refractivity contribution < 1.29 is 4.79 Å². The summed E-state index contributed by atoms with van der Waals surface area (Å²) in [6, 6.07) is 5.40. The maximum absolute atomic E-state index is 11.0. The third-order valence-electron chi connectivity index (χ3n) is 1.17. The van der Waals surface area contributed by atoms with Crippen LogP contribution in [0, 0.1) is 0 Å². The van der Waals surface area contributed by atoms with Crippen molar-refractivity contribution >= 4 is 22.8 Å². The van der Waals surface area contributed by atoms with Gasteiger partial charge in [0.05, 0.1) is 0 Å². The van der Waals surface area contributed by atoms with Gasteiger partial charge in [0.1, 0.15) is 5.82 Å². The summed E-state index contributed by atoms with van der Waals surface area (Å²) in [7, 11) is 0. The first-order valence-corrected chi connectivity index (χ1v) is 4.66. The first kappa shape index (κ1) is 9.06. The number of thioether (sulfide) groups is 1. The van der Waals surface area contributed by atoms with Crippen molar-refractivity contribution in [2.45, 2.75) is 6.92 Å². The average molecular weight is 182 g/mol. The molecule has 0 unspecified atom stereocenters. The number of hydrogen-bond donors (Lipinski definition) is 1. The maximum Gasteiger partial charge on any atom is 0.284 e. The fourth-order valence-electron chi connectivity index (χ4n) is 0.708. The molecule has 3 nitrogen and oxygen atoms in total. The Labute approximate surface area is 75.6 Å². The van der Waals surface area contributed by atoms with Gasteiger partial charge in [0.25, 0.3) is 5.24 Å². The predicted octanol–water partition coefficient (Wildman–Crippen LogP) is 2.37. The van der Waals surface area contributed by atoms with Crippen LogP contribution in [0.15, 0.2) is 24.4 Å². The molecular formula is C8H10N2OS. The molecular weight excluding hydrogens is 172 g/mol. The van der Waals surface area contributed by atoms with Gasteiger partial charge in [0.15, 0.2) is 0 Å². The van der Waals surface area contributed by atoms with E-state index in [1.165, 1.54) is 11.8 Å². The summed E-state index contributed by atoms with van der Waals surface area (Å²) in [5, 5.41) is 2.60. The van der Waals surface area contributed by atoms with Gasteiger partial charge in [0, 0.05) is 6.20 Å². The number of nitrogens with zero attached hydrogens (tertiary/aromatic N) is 1. The van der Waals surface area contributed by atoms with Gasteiger partial charge in [-0.1, -0.05) is 24.8 Å². The molecule has 0 saturated heterocycles. The van der Waals surface area contributed by atoms with Crippen LogP contribution in [-0.2, 0) is 0 Å². The minimum atomic E-state index is -0.0591. The lowest BCUT2D eigenvalue weighted by Gasteiger charge is -2.00. The Bertz CT molecular complexity index is 250. The Hall–Kier alpha value is -1.03. The van der Waals surface area contributed by atoms with Crippen molar-refractivity contribution in [3.8, 4) is 0 Å². The fourth-order valence-corrected chi connectivity index (χ4v) is 1.15. The normalized spacial score (nSPS) is 9.42. The van der Waals surface area contributed by atoms with Gasteiger partial charge in [-0.05, 0) is 17.9 Å². The number of hydrogen-bond acceptors (Lipinski definition) is 3. The summed E-state index contributed by atoms with van der Waals surface area (Å²) in [5.41, 5.74) is 0. The van der Waals surface area contributed by atoms with Gasteiger partial charge in [0.2, 0.25) is 0 Å². The monoisotopic (exact) mass is 182 g/mol. The molecule has 1 heterocycles. The molecule has 0 bridgehead atoms. The van der Waals surface area contributed by atoms with Crippen molar-refractivity contribution in [3.05, 3.63) is 24.4 Å². The van der Waals surface area contributed by atoms with Crippen LogP contribution < -0.4 is 5.32 Å². The zero-order valence-corrected chi connectivity index (χ0v) is 7.60. The van der Waals surface area contributed by atoms with Crippen molar-refractivity contribution in [1.82, 2.24) is 4.98 Å². The number of carbonyl (C=O) groups excluding carboxylic acids is 1. The van der Waals surface area contributed by atoms with Crippen LogP contribution in [0.2, 0.25) is 0 Å². The molecule has 0 aliphatic heterocycles. The molecule has 0 atom stereocenters. The lowest BCUT2D eigenvalue weighted by molar-refractivity contribution is 0.269. The number of rotatable bonds is 2. The predicted molar refractivity (Wildman–Crippen MR) is 51.4 cm³/mol.